The van der Waals surface area contributed by atoms with Crippen molar-refractivity contribution in [2.24, 2.45) is 0 Å². The lowest BCUT2D eigenvalue weighted by Gasteiger charge is -2.07. The molecule has 0 amide bonds. The van der Waals surface area contributed by atoms with Crippen LogP contribution in [-0.2, 0) is 0 Å². The lowest BCUT2D eigenvalue weighted by molar-refractivity contribution is 1.17. The summed E-state index contributed by atoms with van der Waals surface area (Å²) in [5.74, 6) is 0. The van der Waals surface area contributed by atoms with E-state index >= 15 is 0 Å². The van der Waals surface area contributed by atoms with E-state index in [1.54, 1.807) is 0 Å². The predicted molar refractivity (Wildman–Crippen MR) is 108 cm³/mol. The Morgan fingerprint density at radius 2 is 0.958 bits per heavy atom. The molecule has 0 unspecified atom stereocenters. The van der Waals surface area contributed by atoms with Crippen molar-refractivity contribution in [1.82, 2.24) is 4.57 Å². The van der Waals surface area contributed by atoms with Gasteiger partial charge in [0.25, 0.3) is 0 Å². The van der Waals surface area contributed by atoms with Crippen molar-refractivity contribution in [2.45, 2.75) is 34.6 Å². The number of hydrogen-bond acceptors (Lipinski definition) is 0. The molecule has 1 nitrogen and oxygen atoms in total. The van der Waals surface area contributed by atoms with E-state index in [4.69, 9.17) is 0 Å². The van der Waals surface area contributed by atoms with Crippen LogP contribution < -0.4 is 0 Å². The van der Waals surface area contributed by atoms with Crippen LogP contribution in [0.1, 0.15) is 33.3 Å². The summed E-state index contributed by atoms with van der Waals surface area (Å²) in [4.78, 5) is 0. The van der Waals surface area contributed by atoms with E-state index in [1.165, 1.54) is 33.1 Å². The highest BCUT2D eigenvalue weighted by Gasteiger charge is 2.10. The van der Waals surface area contributed by atoms with Gasteiger partial charge in [-0.1, -0.05) is 81.8 Å². The highest BCUT2D eigenvalue weighted by atomic mass is 15.0. The molecule has 0 fully saturated rings. The van der Waals surface area contributed by atoms with Crippen LogP contribution in [0.3, 0.4) is 0 Å². The summed E-state index contributed by atoms with van der Waals surface area (Å²) < 4.78 is 2.34. The molecule has 0 saturated heterocycles. The largest absolute Gasteiger partial charge is 0.309 e. The highest BCUT2D eigenvalue weighted by molar-refractivity contribution is 6.09. The fourth-order valence-corrected chi connectivity index (χ4v) is 2.89. The average molecular weight is 317 g/mol. The SMILES string of the molecule is CC.CC.Cc1ccc(-n2c3ccccc3c3ccccc32)cc1. The lowest BCUT2D eigenvalue weighted by Crippen LogP contribution is -1.93. The Labute approximate surface area is 145 Å². The molecule has 3 aromatic carbocycles. The zero-order valence-electron chi connectivity index (χ0n) is 15.4. The molecule has 4 rings (SSSR count). The monoisotopic (exact) mass is 317 g/mol. The summed E-state index contributed by atoms with van der Waals surface area (Å²) in [6.45, 7) is 10.1. The van der Waals surface area contributed by atoms with Gasteiger partial charge >= 0.3 is 0 Å². The van der Waals surface area contributed by atoms with E-state index in [9.17, 15) is 0 Å². The molecule has 0 spiro atoms. The van der Waals surface area contributed by atoms with Gasteiger partial charge in [-0.15, -0.1) is 0 Å². The lowest BCUT2D eigenvalue weighted by atomic mass is 10.2. The smallest absolute Gasteiger partial charge is 0.0541 e. The maximum absolute atomic E-state index is 2.34. The molecule has 24 heavy (non-hydrogen) atoms. The van der Waals surface area contributed by atoms with Crippen LogP contribution in [0.4, 0.5) is 0 Å². The molecule has 0 radical (unpaired) electrons. The zero-order chi connectivity index (χ0) is 17.5. The molecule has 4 aromatic rings. The Bertz CT molecular complexity index is 845. The number of aryl methyl sites for hydroxylation is 1. The second-order valence-electron chi connectivity index (χ2n) is 5.21. The van der Waals surface area contributed by atoms with Crippen LogP contribution in [0.15, 0.2) is 72.8 Å². The van der Waals surface area contributed by atoms with Gasteiger partial charge < -0.3 is 4.57 Å². The molecule has 0 saturated carbocycles. The van der Waals surface area contributed by atoms with Crippen LogP contribution >= 0.6 is 0 Å². The number of nitrogens with zero attached hydrogens (tertiary/aromatic N) is 1. The molecule has 0 bridgehead atoms. The Hall–Kier alpha value is -2.54. The predicted octanol–water partition coefficient (Wildman–Crippen LogP) is 7.14. The van der Waals surface area contributed by atoms with Crippen molar-refractivity contribution in [3.63, 3.8) is 0 Å². The number of rotatable bonds is 1. The topological polar surface area (TPSA) is 4.93 Å². The Balaban J connectivity index is 0.000000487. The fourth-order valence-electron chi connectivity index (χ4n) is 2.89. The van der Waals surface area contributed by atoms with Crippen LogP contribution in [0.5, 0.6) is 0 Å². The van der Waals surface area contributed by atoms with E-state index in [1.807, 2.05) is 27.7 Å². The van der Waals surface area contributed by atoms with Crippen LogP contribution in [0.2, 0.25) is 0 Å². The number of benzene rings is 3. The van der Waals surface area contributed by atoms with Crippen LogP contribution in [0.25, 0.3) is 27.5 Å². The molecule has 0 aliphatic carbocycles. The van der Waals surface area contributed by atoms with E-state index in [0.717, 1.165) is 0 Å². The minimum atomic E-state index is 1.22. The van der Waals surface area contributed by atoms with Gasteiger partial charge in [0.1, 0.15) is 0 Å². The summed E-state index contributed by atoms with van der Waals surface area (Å²) in [6, 6.07) is 25.9. The van der Waals surface area contributed by atoms with Gasteiger partial charge in [-0.05, 0) is 31.2 Å². The third kappa shape index (κ3) is 3.21. The molecular formula is C23H27N. The van der Waals surface area contributed by atoms with Crippen LogP contribution in [-0.4, -0.2) is 4.57 Å². The molecule has 1 heterocycles. The van der Waals surface area contributed by atoms with Gasteiger partial charge in [0.2, 0.25) is 0 Å². The molecule has 0 N–H and O–H groups in total. The third-order valence-electron chi connectivity index (χ3n) is 3.87. The molecular weight excluding hydrogens is 290 g/mol. The first-order valence-corrected chi connectivity index (χ1v) is 8.90. The van der Waals surface area contributed by atoms with Gasteiger partial charge in [0, 0.05) is 16.5 Å². The maximum atomic E-state index is 2.34. The Morgan fingerprint density at radius 3 is 1.42 bits per heavy atom. The number of fused-ring (bicyclic) bond motifs is 3. The number of hydrogen-bond donors (Lipinski definition) is 0. The van der Waals surface area contributed by atoms with E-state index in [2.05, 4.69) is 84.3 Å². The van der Waals surface area contributed by atoms with Gasteiger partial charge in [0.05, 0.1) is 11.0 Å². The summed E-state index contributed by atoms with van der Waals surface area (Å²) in [7, 11) is 0. The normalized spacial score (nSPS) is 9.88. The molecule has 0 aliphatic rings. The highest BCUT2D eigenvalue weighted by Crippen LogP contribution is 2.31. The van der Waals surface area contributed by atoms with Crippen molar-refractivity contribution in [3.8, 4) is 5.69 Å². The van der Waals surface area contributed by atoms with Gasteiger partial charge in [0.15, 0.2) is 0 Å². The Kier molecular flexibility index (Phi) is 6.20. The van der Waals surface area contributed by atoms with Crippen molar-refractivity contribution < 1.29 is 0 Å². The van der Waals surface area contributed by atoms with Crippen molar-refractivity contribution in [3.05, 3.63) is 78.4 Å². The molecule has 1 heteroatoms. The van der Waals surface area contributed by atoms with Crippen molar-refractivity contribution in [1.29, 1.82) is 0 Å². The first-order valence-electron chi connectivity index (χ1n) is 8.90. The van der Waals surface area contributed by atoms with E-state index in [0.29, 0.717) is 0 Å². The fraction of sp³-hybridized carbons (Fsp3) is 0.217. The average Bonchev–Trinajstić information content (AvgIpc) is 3.00. The molecule has 1 aromatic heterocycles. The minimum absolute atomic E-state index is 1.22. The zero-order valence-corrected chi connectivity index (χ0v) is 15.4. The van der Waals surface area contributed by atoms with Crippen molar-refractivity contribution in [2.75, 3.05) is 0 Å². The summed E-state index contributed by atoms with van der Waals surface area (Å²) in [6.07, 6.45) is 0. The first-order chi connectivity index (χ1) is 11.8. The molecule has 0 atom stereocenters. The summed E-state index contributed by atoms with van der Waals surface area (Å²) >= 11 is 0. The van der Waals surface area contributed by atoms with Crippen molar-refractivity contribution >= 4 is 21.8 Å². The number of para-hydroxylation sites is 2. The minimum Gasteiger partial charge on any atom is -0.309 e. The second kappa shape index (κ2) is 8.35. The third-order valence-corrected chi connectivity index (χ3v) is 3.87. The standard InChI is InChI=1S/C19H15N.2C2H6/c1-14-10-12-15(13-11-14)20-18-8-4-2-6-16(18)17-7-3-5-9-19(17)20;2*1-2/h2-13H,1H3;2*1-2H3. The number of aromatic nitrogens is 1. The summed E-state index contributed by atoms with van der Waals surface area (Å²) in [5.41, 5.74) is 5.03. The summed E-state index contributed by atoms with van der Waals surface area (Å²) in [5, 5.41) is 2.62. The van der Waals surface area contributed by atoms with Gasteiger partial charge in [-0.2, -0.15) is 0 Å². The van der Waals surface area contributed by atoms with E-state index in [-0.39, 0.29) is 0 Å². The maximum Gasteiger partial charge on any atom is 0.0541 e. The van der Waals surface area contributed by atoms with Gasteiger partial charge in [-0.25, -0.2) is 0 Å². The van der Waals surface area contributed by atoms with E-state index < -0.39 is 0 Å². The van der Waals surface area contributed by atoms with Crippen LogP contribution in [0, 0.1) is 6.92 Å². The molecule has 0 aliphatic heterocycles. The van der Waals surface area contributed by atoms with Gasteiger partial charge in [-0.3, -0.25) is 0 Å². The first kappa shape index (κ1) is 17.8. The second-order valence-corrected chi connectivity index (χ2v) is 5.21. The Morgan fingerprint density at radius 1 is 0.542 bits per heavy atom. The quantitative estimate of drug-likeness (QED) is 0.351. The molecule has 124 valence electrons.